The van der Waals surface area contributed by atoms with Crippen LogP contribution < -0.4 is 5.32 Å². The molecular weight excluding hydrogens is 385 g/mol. The molecule has 0 aromatic carbocycles. The fourth-order valence-corrected chi connectivity index (χ4v) is 4.25. The highest BCUT2D eigenvalue weighted by molar-refractivity contribution is 7.11. The number of fused-ring (bicyclic) bond motifs is 1. The van der Waals surface area contributed by atoms with Crippen LogP contribution in [0.4, 0.5) is 13.2 Å². The molecule has 0 spiro atoms. The van der Waals surface area contributed by atoms with E-state index in [1.165, 1.54) is 9.75 Å². The van der Waals surface area contributed by atoms with Crippen molar-refractivity contribution in [3.63, 3.8) is 0 Å². The monoisotopic (exact) mass is 408 g/mol. The lowest BCUT2D eigenvalue weighted by atomic mass is 9.98. The number of hydrogen-bond acceptors (Lipinski definition) is 5. The van der Waals surface area contributed by atoms with Crippen LogP contribution in [0.5, 0.6) is 0 Å². The lowest BCUT2D eigenvalue weighted by Gasteiger charge is -2.35. The second-order valence-electron chi connectivity index (χ2n) is 6.50. The van der Waals surface area contributed by atoms with Gasteiger partial charge >= 0.3 is 12.1 Å². The van der Waals surface area contributed by atoms with Crippen LogP contribution in [-0.2, 0) is 20.9 Å². The Hall–Kier alpha value is -1.65. The number of aliphatic carboxylic acids is 1. The van der Waals surface area contributed by atoms with Gasteiger partial charge in [0.1, 0.15) is 6.10 Å². The number of carbonyl (C=O) groups is 2. The molecule has 0 saturated carbocycles. The third kappa shape index (κ3) is 5.91. The summed E-state index contributed by atoms with van der Waals surface area (Å²) in [5, 5.41) is 9.82. The van der Waals surface area contributed by atoms with Crippen LogP contribution in [0, 0.1) is 6.92 Å². The van der Waals surface area contributed by atoms with Gasteiger partial charge in [-0.15, -0.1) is 11.3 Å². The van der Waals surface area contributed by atoms with Gasteiger partial charge < -0.3 is 15.2 Å². The first-order valence-corrected chi connectivity index (χ1v) is 9.40. The predicted octanol–water partition coefficient (Wildman–Crippen LogP) is 2.56. The Kier molecular flexibility index (Phi) is 7.24. The minimum absolute atomic E-state index is 0.0239. The molecule has 0 unspecified atom stereocenters. The van der Waals surface area contributed by atoms with Gasteiger partial charge in [-0.25, -0.2) is 4.79 Å². The second kappa shape index (κ2) is 9.03. The standard InChI is InChI=1S/C15H22N2O2S.C2HF3O2/c1-10-3-4-11(20-10)9-17-8-7-13-12(17)5-6-14(19-13)15(18)16-2;3-2(4,5)1(6)7/h3-4,12-14H,5-9H2,1-2H3,(H,16,18);(H,6,7)/t12-,13-,14-;/m1./s1. The lowest BCUT2D eigenvalue weighted by Crippen LogP contribution is -2.46. The molecule has 3 heterocycles. The highest BCUT2D eigenvalue weighted by Gasteiger charge is 2.41. The third-order valence-corrected chi connectivity index (χ3v) is 5.58. The van der Waals surface area contributed by atoms with Crippen LogP contribution in [0.3, 0.4) is 0 Å². The third-order valence-electron chi connectivity index (χ3n) is 4.60. The number of nitrogens with one attached hydrogen (secondary N) is 1. The molecule has 1 amide bonds. The molecule has 2 N–H and O–H groups in total. The number of ether oxygens (including phenoxy) is 1. The molecule has 1 aromatic heterocycles. The smallest absolute Gasteiger partial charge is 0.475 e. The zero-order chi connectivity index (χ0) is 20.2. The molecule has 1 aromatic rings. The van der Waals surface area contributed by atoms with E-state index in [1.54, 1.807) is 7.05 Å². The fourth-order valence-electron chi connectivity index (χ4n) is 3.34. The Morgan fingerprint density at radius 3 is 2.52 bits per heavy atom. The van der Waals surface area contributed by atoms with Gasteiger partial charge in [0.15, 0.2) is 0 Å². The average Bonchev–Trinajstić information content (AvgIpc) is 3.20. The largest absolute Gasteiger partial charge is 0.490 e. The Balaban J connectivity index is 0.000000321. The summed E-state index contributed by atoms with van der Waals surface area (Å²) in [4.78, 5) is 25.9. The summed E-state index contributed by atoms with van der Waals surface area (Å²) in [6.07, 6.45) is -2.16. The molecule has 0 bridgehead atoms. The number of alkyl halides is 3. The van der Waals surface area contributed by atoms with Crippen LogP contribution in [0.25, 0.3) is 0 Å². The van der Waals surface area contributed by atoms with Crippen molar-refractivity contribution in [2.45, 2.75) is 57.2 Å². The zero-order valence-corrected chi connectivity index (χ0v) is 15.9. The molecule has 27 heavy (non-hydrogen) atoms. The number of carbonyl (C=O) groups excluding carboxylic acids is 1. The van der Waals surface area contributed by atoms with E-state index in [0.717, 1.165) is 32.4 Å². The molecule has 152 valence electrons. The van der Waals surface area contributed by atoms with Crippen LogP contribution in [0.2, 0.25) is 0 Å². The van der Waals surface area contributed by atoms with Crippen molar-refractivity contribution in [2.75, 3.05) is 13.6 Å². The zero-order valence-electron chi connectivity index (χ0n) is 15.1. The van der Waals surface area contributed by atoms with Crippen LogP contribution in [0.15, 0.2) is 12.1 Å². The number of aryl methyl sites for hydroxylation is 1. The maximum Gasteiger partial charge on any atom is 0.490 e. The quantitative estimate of drug-likeness (QED) is 0.804. The number of nitrogens with zero attached hydrogens (tertiary/aromatic N) is 1. The predicted molar refractivity (Wildman–Crippen MR) is 93.5 cm³/mol. The first-order valence-electron chi connectivity index (χ1n) is 8.58. The van der Waals surface area contributed by atoms with E-state index in [0.29, 0.717) is 6.04 Å². The van der Waals surface area contributed by atoms with Crippen molar-refractivity contribution in [1.82, 2.24) is 10.2 Å². The number of likely N-dealkylation sites (N-methyl/N-ethyl adjacent to an activating group) is 1. The van der Waals surface area contributed by atoms with Gasteiger partial charge in [-0.05, 0) is 38.3 Å². The molecule has 2 aliphatic rings. The summed E-state index contributed by atoms with van der Waals surface area (Å²) in [5.41, 5.74) is 0. The Bertz CT molecular complexity index is 665. The minimum Gasteiger partial charge on any atom is -0.475 e. The average molecular weight is 408 g/mol. The maximum absolute atomic E-state index is 11.7. The second-order valence-corrected chi connectivity index (χ2v) is 7.87. The van der Waals surface area contributed by atoms with Crippen molar-refractivity contribution in [1.29, 1.82) is 0 Å². The van der Waals surface area contributed by atoms with E-state index in [2.05, 4.69) is 29.3 Å². The van der Waals surface area contributed by atoms with Gasteiger partial charge in [0.05, 0.1) is 6.10 Å². The molecule has 3 rings (SSSR count). The first-order chi connectivity index (χ1) is 12.6. The highest BCUT2D eigenvalue weighted by atomic mass is 32.1. The van der Waals surface area contributed by atoms with Crippen molar-refractivity contribution in [2.24, 2.45) is 0 Å². The van der Waals surface area contributed by atoms with Crippen LogP contribution in [-0.4, -0.2) is 59.9 Å². The number of amides is 1. The van der Waals surface area contributed by atoms with E-state index in [1.807, 2.05) is 11.3 Å². The van der Waals surface area contributed by atoms with Crippen molar-refractivity contribution in [3.05, 3.63) is 21.9 Å². The van der Waals surface area contributed by atoms with E-state index in [-0.39, 0.29) is 18.1 Å². The normalized spacial score (nSPS) is 25.3. The molecular formula is C17H23F3N2O4S. The molecule has 10 heteroatoms. The first kappa shape index (κ1) is 21.6. The minimum atomic E-state index is -5.08. The molecule has 6 nitrogen and oxygen atoms in total. The Labute approximate surface area is 159 Å². The highest BCUT2D eigenvalue weighted by Crippen LogP contribution is 2.33. The number of rotatable bonds is 3. The van der Waals surface area contributed by atoms with Crippen LogP contribution >= 0.6 is 11.3 Å². The van der Waals surface area contributed by atoms with Crippen LogP contribution in [0.1, 0.15) is 29.0 Å². The lowest BCUT2D eigenvalue weighted by molar-refractivity contribution is -0.192. The van der Waals surface area contributed by atoms with Gasteiger partial charge in [-0.1, -0.05) is 0 Å². The molecule has 2 saturated heterocycles. The summed E-state index contributed by atoms with van der Waals surface area (Å²) in [6, 6.07) is 4.90. The number of thiophene rings is 1. The Morgan fingerprint density at radius 2 is 2.00 bits per heavy atom. The summed E-state index contributed by atoms with van der Waals surface area (Å²) < 4.78 is 37.7. The molecule has 2 fully saturated rings. The molecule has 0 aliphatic carbocycles. The van der Waals surface area contributed by atoms with Gasteiger partial charge in [-0.3, -0.25) is 9.69 Å². The topological polar surface area (TPSA) is 78.9 Å². The number of carboxylic acids is 1. The van der Waals surface area contributed by atoms with Gasteiger partial charge in [0, 0.05) is 35.9 Å². The molecule has 2 aliphatic heterocycles. The fraction of sp³-hybridized carbons (Fsp3) is 0.647. The summed E-state index contributed by atoms with van der Waals surface area (Å²) in [5.74, 6) is -2.73. The summed E-state index contributed by atoms with van der Waals surface area (Å²) in [7, 11) is 1.68. The van der Waals surface area contributed by atoms with Crippen molar-refractivity contribution < 1.29 is 32.6 Å². The molecule has 3 atom stereocenters. The van der Waals surface area contributed by atoms with Gasteiger partial charge in [0.25, 0.3) is 0 Å². The number of hydrogen-bond donors (Lipinski definition) is 2. The number of carboxylic acid groups (broad SMARTS) is 1. The van der Waals surface area contributed by atoms with E-state index >= 15 is 0 Å². The summed E-state index contributed by atoms with van der Waals surface area (Å²) in [6.45, 7) is 4.25. The van der Waals surface area contributed by atoms with Gasteiger partial charge in [0.2, 0.25) is 5.91 Å². The Morgan fingerprint density at radius 1 is 1.33 bits per heavy atom. The SMILES string of the molecule is CNC(=O)[C@H]1CC[C@@H]2[C@@H](CCN2Cc2ccc(C)s2)O1.O=C(O)C(F)(F)F. The van der Waals surface area contributed by atoms with Crippen molar-refractivity contribution in [3.8, 4) is 0 Å². The van der Waals surface area contributed by atoms with E-state index in [9.17, 15) is 18.0 Å². The maximum atomic E-state index is 11.7. The van der Waals surface area contributed by atoms with Crippen molar-refractivity contribution >= 4 is 23.2 Å². The van der Waals surface area contributed by atoms with E-state index in [4.69, 9.17) is 14.6 Å². The number of likely N-dealkylation sites (tertiary alicyclic amines) is 1. The number of halogens is 3. The summed E-state index contributed by atoms with van der Waals surface area (Å²) >= 11 is 1.88. The van der Waals surface area contributed by atoms with E-state index < -0.39 is 12.1 Å². The van der Waals surface area contributed by atoms with Gasteiger partial charge in [-0.2, -0.15) is 13.2 Å². The molecule has 0 radical (unpaired) electrons.